The maximum absolute atomic E-state index is 10.7. The van der Waals surface area contributed by atoms with Gasteiger partial charge in [-0.05, 0) is 58.4 Å². The molecule has 3 aromatic rings. The van der Waals surface area contributed by atoms with Crippen molar-refractivity contribution >= 4 is 10.8 Å². The number of aryl methyl sites for hydroxylation is 2. The van der Waals surface area contributed by atoms with Crippen LogP contribution in [-0.4, -0.2) is 5.11 Å². The summed E-state index contributed by atoms with van der Waals surface area (Å²) >= 11 is 0. The summed E-state index contributed by atoms with van der Waals surface area (Å²) in [5.74, 6) is 0. The predicted octanol–water partition coefficient (Wildman–Crippen LogP) is 4.41. The number of fused-ring (bicyclic) bond motifs is 2. The molecule has 0 heterocycles. The number of hydrogen-bond donors (Lipinski definition) is 1. The summed E-state index contributed by atoms with van der Waals surface area (Å²) in [5.41, 5.74) is 4.83. The predicted molar refractivity (Wildman–Crippen MR) is 86.5 cm³/mol. The minimum Gasteiger partial charge on any atom is -0.384 e. The molecule has 1 aliphatic rings. The average Bonchev–Trinajstić information content (AvgIpc) is 3.01. The van der Waals surface area contributed by atoms with Crippen LogP contribution in [-0.2, 0) is 12.8 Å². The smallest absolute Gasteiger partial charge is 0.104 e. The Kier molecular flexibility index (Phi) is 3.01. The number of rotatable bonds is 2. The third-order valence-electron chi connectivity index (χ3n) is 4.53. The fraction of sp³-hybridized carbons (Fsp3) is 0.200. The van der Waals surface area contributed by atoms with Gasteiger partial charge < -0.3 is 5.11 Å². The van der Waals surface area contributed by atoms with Gasteiger partial charge in [-0.25, -0.2) is 0 Å². The van der Waals surface area contributed by atoms with E-state index in [0.717, 1.165) is 17.5 Å². The molecule has 0 aromatic heterocycles. The van der Waals surface area contributed by atoms with Gasteiger partial charge in [-0.2, -0.15) is 0 Å². The molecular weight excluding hydrogens is 256 g/mol. The van der Waals surface area contributed by atoms with E-state index >= 15 is 0 Å². The van der Waals surface area contributed by atoms with Crippen LogP contribution in [0.5, 0.6) is 0 Å². The van der Waals surface area contributed by atoms with Crippen LogP contribution in [0.4, 0.5) is 0 Å². The SMILES string of the molecule is OC(c1ccc2c(c1)CCC2)c1ccc2ccccc2c1. The molecule has 0 spiro atoms. The molecule has 0 fully saturated rings. The van der Waals surface area contributed by atoms with Crippen molar-refractivity contribution in [1.82, 2.24) is 0 Å². The highest BCUT2D eigenvalue weighted by Crippen LogP contribution is 2.29. The molecule has 1 aliphatic carbocycles. The number of hydrogen-bond acceptors (Lipinski definition) is 1. The van der Waals surface area contributed by atoms with E-state index in [1.165, 1.54) is 34.7 Å². The maximum Gasteiger partial charge on any atom is 0.104 e. The van der Waals surface area contributed by atoms with E-state index < -0.39 is 6.10 Å². The van der Waals surface area contributed by atoms with Crippen LogP contribution >= 0.6 is 0 Å². The van der Waals surface area contributed by atoms with Gasteiger partial charge >= 0.3 is 0 Å². The molecular formula is C20H18O. The van der Waals surface area contributed by atoms with Crippen LogP contribution in [0, 0.1) is 0 Å². The molecule has 0 saturated heterocycles. The van der Waals surface area contributed by atoms with Gasteiger partial charge in [0.1, 0.15) is 6.10 Å². The van der Waals surface area contributed by atoms with Gasteiger partial charge in [-0.3, -0.25) is 0 Å². The summed E-state index contributed by atoms with van der Waals surface area (Å²) in [7, 11) is 0. The van der Waals surface area contributed by atoms with Gasteiger partial charge in [0.05, 0.1) is 0 Å². The van der Waals surface area contributed by atoms with Crippen LogP contribution in [0.2, 0.25) is 0 Å². The molecule has 0 bridgehead atoms. The van der Waals surface area contributed by atoms with Gasteiger partial charge in [0.2, 0.25) is 0 Å². The van der Waals surface area contributed by atoms with E-state index in [1.807, 2.05) is 18.2 Å². The monoisotopic (exact) mass is 274 g/mol. The Morgan fingerprint density at radius 2 is 1.43 bits per heavy atom. The number of benzene rings is 3. The molecule has 0 aliphatic heterocycles. The third-order valence-corrected chi connectivity index (χ3v) is 4.53. The topological polar surface area (TPSA) is 20.2 Å². The first kappa shape index (κ1) is 12.6. The van der Waals surface area contributed by atoms with Crippen molar-refractivity contribution in [1.29, 1.82) is 0 Å². The number of aliphatic hydroxyl groups is 1. The van der Waals surface area contributed by atoms with Crippen LogP contribution in [0.1, 0.15) is 34.8 Å². The zero-order valence-electron chi connectivity index (χ0n) is 11.9. The highest BCUT2D eigenvalue weighted by atomic mass is 16.3. The van der Waals surface area contributed by atoms with Gasteiger partial charge in [0.15, 0.2) is 0 Å². The molecule has 21 heavy (non-hydrogen) atoms. The first-order chi connectivity index (χ1) is 10.3. The Labute approximate surface area is 124 Å². The zero-order chi connectivity index (χ0) is 14.2. The second-order valence-corrected chi connectivity index (χ2v) is 5.89. The normalized spacial score (nSPS) is 15.1. The molecule has 0 saturated carbocycles. The first-order valence-electron chi connectivity index (χ1n) is 7.60. The molecule has 1 heteroatoms. The van der Waals surface area contributed by atoms with Crippen molar-refractivity contribution in [2.24, 2.45) is 0 Å². The number of aliphatic hydroxyl groups excluding tert-OH is 1. The molecule has 3 aromatic carbocycles. The Bertz CT molecular complexity index is 804. The van der Waals surface area contributed by atoms with Crippen LogP contribution in [0.25, 0.3) is 10.8 Å². The molecule has 1 N–H and O–H groups in total. The minimum absolute atomic E-state index is 0.541. The van der Waals surface area contributed by atoms with Crippen molar-refractivity contribution < 1.29 is 5.11 Å². The molecule has 1 unspecified atom stereocenters. The van der Waals surface area contributed by atoms with E-state index in [0.29, 0.717) is 0 Å². The molecule has 0 radical (unpaired) electrons. The Morgan fingerprint density at radius 1 is 0.714 bits per heavy atom. The molecule has 0 amide bonds. The van der Waals surface area contributed by atoms with Crippen molar-refractivity contribution in [3.8, 4) is 0 Å². The Hall–Kier alpha value is -2.12. The van der Waals surface area contributed by atoms with Gasteiger partial charge in [0, 0.05) is 0 Å². The summed E-state index contributed by atoms with van der Waals surface area (Å²) < 4.78 is 0. The summed E-state index contributed by atoms with van der Waals surface area (Å²) in [4.78, 5) is 0. The quantitative estimate of drug-likeness (QED) is 0.734. The second-order valence-electron chi connectivity index (χ2n) is 5.89. The van der Waals surface area contributed by atoms with Gasteiger partial charge in [0.25, 0.3) is 0 Å². The fourth-order valence-electron chi connectivity index (χ4n) is 3.33. The largest absolute Gasteiger partial charge is 0.384 e. The lowest BCUT2D eigenvalue weighted by atomic mass is 9.96. The highest BCUT2D eigenvalue weighted by molar-refractivity contribution is 5.83. The van der Waals surface area contributed by atoms with Crippen molar-refractivity contribution in [3.05, 3.63) is 82.9 Å². The van der Waals surface area contributed by atoms with Crippen molar-refractivity contribution in [2.45, 2.75) is 25.4 Å². The molecule has 1 atom stereocenters. The first-order valence-corrected chi connectivity index (χ1v) is 7.60. The van der Waals surface area contributed by atoms with E-state index in [2.05, 4.69) is 42.5 Å². The van der Waals surface area contributed by atoms with E-state index in [4.69, 9.17) is 0 Å². The van der Waals surface area contributed by atoms with Crippen LogP contribution in [0.3, 0.4) is 0 Å². The van der Waals surface area contributed by atoms with Crippen LogP contribution < -0.4 is 0 Å². The molecule has 1 nitrogen and oxygen atoms in total. The fourth-order valence-corrected chi connectivity index (χ4v) is 3.33. The van der Waals surface area contributed by atoms with Gasteiger partial charge in [-0.1, -0.05) is 54.6 Å². The van der Waals surface area contributed by atoms with E-state index in [1.54, 1.807) is 0 Å². The summed E-state index contributed by atoms with van der Waals surface area (Å²) in [6.07, 6.45) is 3.03. The highest BCUT2D eigenvalue weighted by Gasteiger charge is 2.15. The van der Waals surface area contributed by atoms with E-state index in [9.17, 15) is 5.11 Å². The molecule has 104 valence electrons. The van der Waals surface area contributed by atoms with Gasteiger partial charge in [-0.15, -0.1) is 0 Å². The third kappa shape index (κ3) is 2.24. The lowest BCUT2D eigenvalue weighted by molar-refractivity contribution is 0.220. The summed E-state index contributed by atoms with van der Waals surface area (Å²) in [6, 6.07) is 20.9. The van der Waals surface area contributed by atoms with Crippen molar-refractivity contribution in [2.75, 3.05) is 0 Å². The summed E-state index contributed by atoms with van der Waals surface area (Å²) in [5, 5.41) is 13.1. The minimum atomic E-state index is -0.541. The lowest BCUT2D eigenvalue weighted by Gasteiger charge is -2.14. The molecule has 4 rings (SSSR count). The average molecular weight is 274 g/mol. The maximum atomic E-state index is 10.7. The van der Waals surface area contributed by atoms with Crippen molar-refractivity contribution in [3.63, 3.8) is 0 Å². The summed E-state index contributed by atoms with van der Waals surface area (Å²) in [6.45, 7) is 0. The lowest BCUT2D eigenvalue weighted by Crippen LogP contribution is -2.00. The second kappa shape index (κ2) is 5.01. The zero-order valence-corrected chi connectivity index (χ0v) is 11.9. The Balaban J connectivity index is 1.73. The van der Waals surface area contributed by atoms with Crippen LogP contribution in [0.15, 0.2) is 60.7 Å². The standard InChI is InChI=1S/C20H18O/c21-20(19-11-9-15-6-3-7-17(15)13-19)18-10-8-14-4-1-2-5-16(14)12-18/h1-2,4-5,8-13,20-21H,3,6-7H2. The van der Waals surface area contributed by atoms with E-state index in [-0.39, 0.29) is 0 Å². The Morgan fingerprint density at radius 3 is 2.33 bits per heavy atom.